The third kappa shape index (κ3) is 3.88. The zero-order chi connectivity index (χ0) is 14.4. The van der Waals surface area contributed by atoms with Gasteiger partial charge in [-0.15, -0.1) is 0 Å². The molecule has 0 spiro atoms. The van der Waals surface area contributed by atoms with E-state index in [1.165, 1.54) is 0 Å². The Hall–Kier alpha value is -2.23. The molecule has 0 saturated heterocycles. The van der Waals surface area contributed by atoms with Crippen molar-refractivity contribution in [3.63, 3.8) is 0 Å². The number of nitrogens with one attached hydrogen (secondary N) is 1. The number of hydrogen-bond acceptors (Lipinski definition) is 3. The minimum atomic E-state index is -0.0371. The van der Waals surface area contributed by atoms with Crippen LogP contribution in [-0.4, -0.2) is 15.9 Å². The van der Waals surface area contributed by atoms with Gasteiger partial charge in [0.1, 0.15) is 0 Å². The molecule has 2 rings (SSSR count). The van der Waals surface area contributed by atoms with E-state index < -0.39 is 0 Å². The standard InChI is InChI=1S/C16H19N3O/c1-3-14(15-5-4-12(2)11-18-15)19-16(20)10-13-6-8-17-9-7-13/h4-9,11,14H,3,10H2,1-2H3,(H,19,20)/t14-/m0/s1. The van der Waals surface area contributed by atoms with Crippen LogP contribution < -0.4 is 5.32 Å². The van der Waals surface area contributed by atoms with E-state index in [2.05, 4.69) is 15.3 Å². The highest BCUT2D eigenvalue weighted by Crippen LogP contribution is 2.14. The number of rotatable bonds is 5. The molecule has 0 aromatic carbocycles. The minimum absolute atomic E-state index is 0.00502. The molecule has 4 nitrogen and oxygen atoms in total. The molecule has 2 aromatic heterocycles. The zero-order valence-corrected chi connectivity index (χ0v) is 11.8. The highest BCUT2D eigenvalue weighted by Gasteiger charge is 2.14. The Morgan fingerprint density at radius 1 is 1.25 bits per heavy atom. The van der Waals surface area contributed by atoms with Gasteiger partial charge >= 0.3 is 0 Å². The predicted octanol–water partition coefficient (Wildman–Crippen LogP) is 2.60. The molecule has 0 aliphatic carbocycles. The maximum Gasteiger partial charge on any atom is 0.224 e. The van der Waals surface area contributed by atoms with E-state index in [4.69, 9.17) is 0 Å². The summed E-state index contributed by atoms with van der Waals surface area (Å²) in [6.07, 6.45) is 6.40. The Balaban J connectivity index is 1.99. The Labute approximate surface area is 119 Å². The van der Waals surface area contributed by atoms with E-state index in [9.17, 15) is 4.79 Å². The molecule has 0 radical (unpaired) electrons. The number of nitrogens with zero attached hydrogens (tertiary/aromatic N) is 2. The average Bonchev–Trinajstić information content (AvgIpc) is 2.47. The number of amides is 1. The normalized spacial score (nSPS) is 11.9. The number of hydrogen-bond donors (Lipinski definition) is 1. The van der Waals surface area contributed by atoms with Crippen LogP contribution in [-0.2, 0) is 11.2 Å². The van der Waals surface area contributed by atoms with Crippen molar-refractivity contribution in [1.29, 1.82) is 0 Å². The minimum Gasteiger partial charge on any atom is -0.347 e. The highest BCUT2D eigenvalue weighted by molar-refractivity contribution is 5.78. The Morgan fingerprint density at radius 3 is 2.60 bits per heavy atom. The van der Waals surface area contributed by atoms with Gasteiger partial charge in [-0.2, -0.15) is 0 Å². The first kappa shape index (κ1) is 14.2. The highest BCUT2D eigenvalue weighted by atomic mass is 16.1. The van der Waals surface area contributed by atoms with Crippen molar-refractivity contribution in [2.75, 3.05) is 0 Å². The van der Waals surface area contributed by atoms with Crippen molar-refractivity contribution < 1.29 is 4.79 Å². The van der Waals surface area contributed by atoms with Crippen LogP contribution in [0.1, 0.15) is 36.2 Å². The van der Waals surface area contributed by atoms with Crippen LogP contribution in [0.5, 0.6) is 0 Å². The lowest BCUT2D eigenvalue weighted by Gasteiger charge is -2.16. The quantitative estimate of drug-likeness (QED) is 0.907. The second-order valence-electron chi connectivity index (χ2n) is 4.82. The van der Waals surface area contributed by atoms with Crippen molar-refractivity contribution in [3.05, 3.63) is 59.7 Å². The molecule has 0 saturated carbocycles. The van der Waals surface area contributed by atoms with Gasteiger partial charge in [0.2, 0.25) is 5.91 Å². The van der Waals surface area contributed by atoms with Gasteiger partial charge in [0, 0.05) is 18.6 Å². The fourth-order valence-electron chi connectivity index (χ4n) is 2.00. The van der Waals surface area contributed by atoms with Gasteiger partial charge in [-0.1, -0.05) is 13.0 Å². The van der Waals surface area contributed by atoms with Crippen molar-refractivity contribution in [2.45, 2.75) is 32.7 Å². The first-order valence-electron chi connectivity index (χ1n) is 6.80. The van der Waals surface area contributed by atoms with Crippen molar-refractivity contribution >= 4 is 5.91 Å². The van der Waals surface area contributed by atoms with E-state index >= 15 is 0 Å². The van der Waals surface area contributed by atoms with Gasteiger partial charge in [0.25, 0.3) is 0 Å². The number of carbonyl (C=O) groups is 1. The molecule has 104 valence electrons. The second kappa shape index (κ2) is 6.80. The van der Waals surface area contributed by atoms with E-state index in [0.29, 0.717) is 6.42 Å². The fraction of sp³-hybridized carbons (Fsp3) is 0.312. The molecule has 1 amide bonds. The molecule has 1 N–H and O–H groups in total. The Morgan fingerprint density at radius 2 is 2.00 bits per heavy atom. The Bertz CT molecular complexity index is 552. The van der Waals surface area contributed by atoms with Gasteiger partial charge in [0.15, 0.2) is 0 Å². The largest absolute Gasteiger partial charge is 0.347 e. The van der Waals surface area contributed by atoms with Crippen LogP contribution >= 0.6 is 0 Å². The summed E-state index contributed by atoms with van der Waals surface area (Å²) in [5.41, 5.74) is 2.98. The number of pyridine rings is 2. The van der Waals surface area contributed by atoms with Gasteiger partial charge in [0.05, 0.1) is 18.2 Å². The molecule has 0 unspecified atom stereocenters. The van der Waals surface area contributed by atoms with Crippen molar-refractivity contribution in [1.82, 2.24) is 15.3 Å². The lowest BCUT2D eigenvalue weighted by molar-refractivity contribution is -0.121. The van der Waals surface area contributed by atoms with Gasteiger partial charge in [-0.25, -0.2) is 0 Å². The third-order valence-corrected chi connectivity index (χ3v) is 3.15. The summed E-state index contributed by atoms with van der Waals surface area (Å²) in [5.74, 6) is 0.00502. The summed E-state index contributed by atoms with van der Waals surface area (Å²) in [5, 5.41) is 3.03. The average molecular weight is 269 g/mol. The maximum atomic E-state index is 12.1. The first-order chi connectivity index (χ1) is 9.69. The topological polar surface area (TPSA) is 54.9 Å². The van der Waals surface area contributed by atoms with Gasteiger partial charge < -0.3 is 5.32 Å². The molecular weight excluding hydrogens is 250 g/mol. The fourth-order valence-corrected chi connectivity index (χ4v) is 2.00. The van der Waals surface area contributed by atoms with Crippen molar-refractivity contribution in [2.24, 2.45) is 0 Å². The molecule has 0 bridgehead atoms. The zero-order valence-electron chi connectivity index (χ0n) is 11.8. The molecule has 2 aromatic rings. The number of aryl methyl sites for hydroxylation is 1. The molecule has 0 aliphatic heterocycles. The van der Waals surface area contributed by atoms with Crippen LogP contribution in [0.2, 0.25) is 0 Å². The second-order valence-corrected chi connectivity index (χ2v) is 4.82. The lowest BCUT2D eigenvalue weighted by atomic mass is 10.1. The summed E-state index contributed by atoms with van der Waals surface area (Å²) in [6, 6.07) is 7.65. The molecule has 0 fully saturated rings. The van der Waals surface area contributed by atoms with Crippen LogP contribution in [0.25, 0.3) is 0 Å². The predicted molar refractivity (Wildman–Crippen MR) is 78.1 cm³/mol. The molecule has 2 heterocycles. The Kier molecular flexibility index (Phi) is 4.82. The molecule has 4 heteroatoms. The summed E-state index contributed by atoms with van der Waals surface area (Å²) < 4.78 is 0. The van der Waals surface area contributed by atoms with Gasteiger partial charge in [-0.05, 0) is 42.7 Å². The summed E-state index contributed by atoms with van der Waals surface area (Å²) >= 11 is 0. The van der Waals surface area contributed by atoms with E-state index in [1.807, 2.05) is 44.3 Å². The SMILES string of the molecule is CC[C@H](NC(=O)Cc1ccncc1)c1ccc(C)cn1. The van der Waals surface area contributed by atoms with E-state index in [-0.39, 0.29) is 11.9 Å². The summed E-state index contributed by atoms with van der Waals surface area (Å²) in [6.45, 7) is 4.04. The monoisotopic (exact) mass is 269 g/mol. The van der Waals surface area contributed by atoms with Crippen molar-refractivity contribution in [3.8, 4) is 0 Å². The third-order valence-electron chi connectivity index (χ3n) is 3.15. The molecule has 1 atom stereocenters. The molecular formula is C16H19N3O. The lowest BCUT2D eigenvalue weighted by Crippen LogP contribution is -2.30. The van der Waals surface area contributed by atoms with Crippen LogP contribution in [0.4, 0.5) is 0 Å². The van der Waals surface area contributed by atoms with Crippen LogP contribution in [0.3, 0.4) is 0 Å². The van der Waals surface area contributed by atoms with Crippen LogP contribution in [0.15, 0.2) is 42.9 Å². The van der Waals surface area contributed by atoms with Crippen LogP contribution in [0, 0.1) is 6.92 Å². The maximum absolute atomic E-state index is 12.1. The molecule has 0 aliphatic rings. The summed E-state index contributed by atoms with van der Waals surface area (Å²) in [7, 11) is 0. The smallest absolute Gasteiger partial charge is 0.224 e. The number of carbonyl (C=O) groups excluding carboxylic acids is 1. The number of aromatic nitrogens is 2. The molecule has 20 heavy (non-hydrogen) atoms. The first-order valence-corrected chi connectivity index (χ1v) is 6.80. The van der Waals surface area contributed by atoms with Gasteiger partial charge in [-0.3, -0.25) is 14.8 Å². The van der Waals surface area contributed by atoms with E-state index in [0.717, 1.165) is 23.2 Å². The summed E-state index contributed by atoms with van der Waals surface area (Å²) in [4.78, 5) is 20.4. The van der Waals surface area contributed by atoms with E-state index in [1.54, 1.807) is 12.4 Å².